The lowest BCUT2D eigenvalue weighted by atomic mass is 9.87. The number of hydrogen-bond donors (Lipinski definition) is 2. The van der Waals surface area contributed by atoms with Gasteiger partial charge in [-0.3, -0.25) is 4.79 Å². The predicted octanol–water partition coefficient (Wildman–Crippen LogP) is 3.28. The fourth-order valence-corrected chi connectivity index (χ4v) is 2.02. The number of carbonyl (C=O) groups is 1. The predicted molar refractivity (Wildman–Crippen MR) is 72.7 cm³/mol. The molecule has 0 spiro atoms. The molecule has 0 radical (unpaired) electrons. The van der Waals surface area contributed by atoms with Gasteiger partial charge in [0, 0.05) is 5.92 Å². The summed E-state index contributed by atoms with van der Waals surface area (Å²) in [4.78, 5) is 11.9. The van der Waals surface area contributed by atoms with Gasteiger partial charge in [0.2, 0.25) is 5.91 Å². The number of hydrogen-bond acceptors (Lipinski definition) is 2. The molecule has 98 valence electrons. The molecule has 2 rings (SSSR count). The summed E-state index contributed by atoms with van der Waals surface area (Å²) in [5.74, 6) is 0.731. The molecule has 0 unspecified atom stereocenters. The molecular formula is C15H21NO2. The summed E-state index contributed by atoms with van der Waals surface area (Å²) in [5, 5.41) is 12.6. The molecule has 1 aliphatic carbocycles. The maximum atomic E-state index is 11.9. The van der Waals surface area contributed by atoms with Crippen LogP contribution < -0.4 is 5.32 Å². The molecule has 18 heavy (non-hydrogen) atoms. The molecule has 1 saturated carbocycles. The number of phenolic OH excluding ortho intramolecular Hbond substituents is 1. The van der Waals surface area contributed by atoms with Crippen LogP contribution in [0.2, 0.25) is 0 Å². The summed E-state index contributed by atoms with van der Waals surface area (Å²) in [5.41, 5.74) is 1.62. The van der Waals surface area contributed by atoms with Gasteiger partial charge in [-0.1, -0.05) is 33.8 Å². The molecule has 1 aliphatic rings. The molecule has 3 nitrogen and oxygen atoms in total. The second-order valence-electron chi connectivity index (χ2n) is 6.29. The van der Waals surface area contributed by atoms with Crippen LogP contribution in [0.25, 0.3) is 0 Å². The summed E-state index contributed by atoms with van der Waals surface area (Å²) < 4.78 is 0. The first-order chi connectivity index (χ1) is 8.29. The molecule has 1 fully saturated rings. The first kappa shape index (κ1) is 12.9. The average Bonchev–Trinajstić information content (AvgIpc) is 2.97. The molecule has 0 aromatic heterocycles. The van der Waals surface area contributed by atoms with E-state index in [-0.39, 0.29) is 23.0 Å². The number of phenols is 1. The number of anilines is 1. The van der Waals surface area contributed by atoms with Gasteiger partial charge >= 0.3 is 0 Å². The van der Waals surface area contributed by atoms with Gasteiger partial charge in [0.1, 0.15) is 5.75 Å². The maximum Gasteiger partial charge on any atom is 0.227 e. The SMILES string of the molecule is C[C@@H]1C[C@H]1C(=O)Nc1cc(C(C)(C)C)ccc1O. The zero-order chi connectivity index (χ0) is 13.5. The van der Waals surface area contributed by atoms with E-state index in [0.29, 0.717) is 11.6 Å². The standard InChI is InChI=1S/C15H21NO2/c1-9-7-11(9)14(18)16-12-8-10(15(2,3)4)5-6-13(12)17/h5-6,8-9,11,17H,7H2,1-4H3,(H,16,18)/t9-,11-/m1/s1. The van der Waals surface area contributed by atoms with E-state index in [9.17, 15) is 9.90 Å². The van der Waals surface area contributed by atoms with E-state index in [1.165, 1.54) is 0 Å². The number of aromatic hydroxyl groups is 1. The van der Waals surface area contributed by atoms with E-state index in [1.807, 2.05) is 12.1 Å². The van der Waals surface area contributed by atoms with Gasteiger partial charge < -0.3 is 10.4 Å². The number of rotatable bonds is 2. The third kappa shape index (κ3) is 2.66. The summed E-state index contributed by atoms with van der Waals surface area (Å²) in [6, 6.07) is 5.40. The number of benzene rings is 1. The Hall–Kier alpha value is -1.51. The van der Waals surface area contributed by atoms with Crippen LogP contribution in [-0.2, 0) is 10.2 Å². The van der Waals surface area contributed by atoms with Crippen molar-refractivity contribution in [3.8, 4) is 5.75 Å². The van der Waals surface area contributed by atoms with Crippen LogP contribution in [0.3, 0.4) is 0 Å². The molecule has 1 aromatic rings. The molecule has 0 bridgehead atoms. The second kappa shape index (κ2) is 4.30. The Morgan fingerprint density at radius 3 is 2.50 bits per heavy atom. The molecule has 0 heterocycles. The van der Waals surface area contributed by atoms with E-state index < -0.39 is 0 Å². The van der Waals surface area contributed by atoms with E-state index in [1.54, 1.807) is 6.07 Å². The lowest BCUT2D eigenvalue weighted by molar-refractivity contribution is -0.117. The topological polar surface area (TPSA) is 49.3 Å². The molecule has 1 amide bonds. The second-order valence-corrected chi connectivity index (χ2v) is 6.29. The quantitative estimate of drug-likeness (QED) is 0.788. The maximum absolute atomic E-state index is 11.9. The summed E-state index contributed by atoms with van der Waals surface area (Å²) in [7, 11) is 0. The van der Waals surface area contributed by atoms with Crippen LogP contribution in [-0.4, -0.2) is 11.0 Å². The minimum Gasteiger partial charge on any atom is -0.506 e. The smallest absolute Gasteiger partial charge is 0.227 e. The zero-order valence-corrected chi connectivity index (χ0v) is 11.4. The minimum atomic E-state index is 0.0000496. The summed E-state index contributed by atoms with van der Waals surface area (Å²) in [6.07, 6.45) is 0.950. The number of nitrogens with one attached hydrogen (secondary N) is 1. The number of carbonyl (C=O) groups excluding carboxylic acids is 1. The van der Waals surface area contributed by atoms with Crippen molar-refractivity contribution in [1.29, 1.82) is 0 Å². The molecule has 2 atom stereocenters. The highest BCUT2D eigenvalue weighted by Gasteiger charge is 2.39. The van der Waals surface area contributed by atoms with Crippen molar-refractivity contribution >= 4 is 11.6 Å². The summed E-state index contributed by atoms with van der Waals surface area (Å²) >= 11 is 0. The van der Waals surface area contributed by atoms with Crippen LogP contribution in [0.1, 0.15) is 39.7 Å². The van der Waals surface area contributed by atoms with Crippen LogP contribution in [0.5, 0.6) is 5.75 Å². The molecular weight excluding hydrogens is 226 g/mol. The lowest BCUT2D eigenvalue weighted by Crippen LogP contribution is -2.16. The highest BCUT2D eigenvalue weighted by atomic mass is 16.3. The van der Waals surface area contributed by atoms with Gasteiger partial charge in [-0.25, -0.2) is 0 Å². The fourth-order valence-electron chi connectivity index (χ4n) is 2.02. The van der Waals surface area contributed by atoms with Gasteiger partial charge in [0.15, 0.2) is 0 Å². The first-order valence-corrected chi connectivity index (χ1v) is 6.43. The fraction of sp³-hybridized carbons (Fsp3) is 0.533. The van der Waals surface area contributed by atoms with Gasteiger partial charge in [-0.15, -0.1) is 0 Å². The first-order valence-electron chi connectivity index (χ1n) is 6.43. The molecule has 0 aliphatic heterocycles. The molecule has 3 heteroatoms. The largest absolute Gasteiger partial charge is 0.506 e. The van der Waals surface area contributed by atoms with Crippen molar-refractivity contribution in [2.45, 2.75) is 39.5 Å². The van der Waals surface area contributed by atoms with Gasteiger partial charge in [0.25, 0.3) is 0 Å². The lowest BCUT2D eigenvalue weighted by Gasteiger charge is -2.20. The highest BCUT2D eigenvalue weighted by Crippen LogP contribution is 2.39. The van der Waals surface area contributed by atoms with Gasteiger partial charge in [-0.05, 0) is 35.4 Å². The van der Waals surface area contributed by atoms with Crippen molar-refractivity contribution in [1.82, 2.24) is 0 Å². The van der Waals surface area contributed by atoms with E-state index in [2.05, 4.69) is 33.0 Å². The monoisotopic (exact) mass is 247 g/mol. The summed E-state index contributed by atoms with van der Waals surface area (Å²) in [6.45, 7) is 8.38. The van der Waals surface area contributed by atoms with Gasteiger partial charge in [0.05, 0.1) is 5.69 Å². The van der Waals surface area contributed by atoms with E-state index >= 15 is 0 Å². The molecule has 2 N–H and O–H groups in total. The molecule has 0 saturated heterocycles. The Morgan fingerprint density at radius 1 is 1.39 bits per heavy atom. The van der Waals surface area contributed by atoms with Crippen molar-refractivity contribution in [3.05, 3.63) is 23.8 Å². The molecule has 1 aromatic carbocycles. The highest BCUT2D eigenvalue weighted by molar-refractivity contribution is 5.95. The van der Waals surface area contributed by atoms with Crippen molar-refractivity contribution in [2.24, 2.45) is 11.8 Å². The van der Waals surface area contributed by atoms with Crippen LogP contribution in [0.4, 0.5) is 5.69 Å². The van der Waals surface area contributed by atoms with Crippen LogP contribution >= 0.6 is 0 Å². The van der Waals surface area contributed by atoms with Crippen molar-refractivity contribution < 1.29 is 9.90 Å². The average molecular weight is 247 g/mol. The number of amides is 1. The van der Waals surface area contributed by atoms with Gasteiger partial charge in [-0.2, -0.15) is 0 Å². The Morgan fingerprint density at radius 2 is 2.00 bits per heavy atom. The minimum absolute atomic E-state index is 0.0000496. The third-order valence-electron chi connectivity index (χ3n) is 3.57. The zero-order valence-electron chi connectivity index (χ0n) is 11.4. The Kier molecular flexibility index (Phi) is 3.09. The van der Waals surface area contributed by atoms with E-state index in [4.69, 9.17) is 0 Å². The Balaban J connectivity index is 2.19. The normalized spacial score (nSPS) is 22.7. The van der Waals surface area contributed by atoms with Crippen LogP contribution in [0.15, 0.2) is 18.2 Å². The Bertz CT molecular complexity index is 474. The van der Waals surface area contributed by atoms with E-state index in [0.717, 1.165) is 12.0 Å². The Labute approximate surface area is 108 Å². The van der Waals surface area contributed by atoms with Crippen LogP contribution in [0, 0.1) is 11.8 Å². The third-order valence-corrected chi connectivity index (χ3v) is 3.57. The van der Waals surface area contributed by atoms with Crippen molar-refractivity contribution in [2.75, 3.05) is 5.32 Å². The van der Waals surface area contributed by atoms with Crippen molar-refractivity contribution in [3.63, 3.8) is 0 Å².